The van der Waals surface area contributed by atoms with Crippen molar-refractivity contribution in [2.75, 3.05) is 26.8 Å². The summed E-state index contributed by atoms with van der Waals surface area (Å²) in [6.07, 6.45) is 0. The van der Waals surface area contributed by atoms with E-state index in [4.69, 9.17) is 10.6 Å². The van der Waals surface area contributed by atoms with E-state index in [1.54, 1.807) is 7.11 Å². The first kappa shape index (κ1) is 15.2. The van der Waals surface area contributed by atoms with Gasteiger partial charge in [-0.1, -0.05) is 13.8 Å². The smallest absolute Gasteiger partial charge is 0.208 e. The van der Waals surface area contributed by atoms with Gasteiger partial charge in [0.2, 0.25) is 5.96 Å². The summed E-state index contributed by atoms with van der Waals surface area (Å²) in [7, 11) is 1.70. The molecule has 0 spiro atoms. The highest BCUT2D eigenvalue weighted by atomic mass is 16.5. The van der Waals surface area contributed by atoms with E-state index < -0.39 is 0 Å². The van der Waals surface area contributed by atoms with E-state index in [9.17, 15) is 0 Å². The second-order valence-electron chi connectivity index (χ2n) is 4.52. The van der Waals surface area contributed by atoms with E-state index in [1.165, 1.54) is 0 Å². The van der Waals surface area contributed by atoms with E-state index in [-0.39, 0.29) is 6.04 Å². The van der Waals surface area contributed by atoms with Crippen LogP contribution in [-0.4, -0.2) is 43.7 Å². The largest absolute Gasteiger partial charge is 0.383 e. The van der Waals surface area contributed by atoms with E-state index in [2.05, 4.69) is 29.2 Å². The summed E-state index contributed by atoms with van der Waals surface area (Å²) in [5.74, 6) is 6.80. The third-order valence-corrected chi connectivity index (χ3v) is 1.96. The molecule has 5 heteroatoms. The van der Waals surface area contributed by atoms with Gasteiger partial charge in [-0.25, -0.2) is 10.8 Å². The number of nitrogens with two attached hydrogens (primary N) is 1. The molecule has 0 bridgehead atoms. The molecule has 0 unspecified atom stereocenters. The van der Waals surface area contributed by atoms with Crippen molar-refractivity contribution in [3.63, 3.8) is 0 Å². The van der Waals surface area contributed by atoms with Crippen molar-refractivity contribution >= 4 is 5.96 Å². The van der Waals surface area contributed by atoms with E-state index >= 15 is 0 Å². The van der Waals surface area contributed by atoms with Crippen molar-refractivity contribution in [1.29, 1.82) is 0 Å². The summed E-state index contributed by atoms with van der Waals surface area (Å²) in [4.78, 5) is 6.57. The molecule has 3 N–H and O–H groups in total. The van der Waals surface area contributed by atoms with Crippen LogP contribution in [0.25, 0.3) is 0 Å². The van der Waals surface area contributed by atoms with Crippen LogP contribution >= 0.6 is 0 Å². The molecule has 0 saturated carbocycles. The number of aliphatic imine (C=N–C) groups is 1. The lowest BCUT2D eigenvalue weighted by Crippen LogP contribution is -2.47. The van der Waals surface area contributed by atoms with Gasteiger partial charge in [0.25, 0.3) is 0 Å². The molecule has 0 saturated heterocycles. The molecule has 96 valence electrons. The molecular weight excluding hydrogens is 204 g/mol. The van der Waals surface area contributed by atoms with Crippen LogP contribution in [0.5, 0.6) is 0 Å². The average Bonchev–Trinajstić information content (AvgIpc) is 2.20. The summed E-state index contributed by atoms with van der Waals surface area (Å²) in [5, 5.41) is 0. The third-order valence-electron chi connectivity index (χ3n) is 1.96. The third kappa shape index (κ3) is 6.63. The summed E-state index contributed by atoms with van der Waals surface area (Å²) in [5.41, 5.74) is 2.67. The maximum Gasteiger partial charge on any atom is 0.208 e. The van der Waals surface area contributed by atoms with Crippen LogP contribution in [0.15, 0.2) is 4.99 Å². The van der Waals surface area contributed by atoms with Gasteiger partial charge in [-0.05, 0) is 19.8 Å². The van der Waals surface area contributed by atoms with Crippen molar-refractivity contribution in [2.45, 2.75) is 33.7 Å². The lowest BCUT2D eigenvalue weighted by molar-refractivity contribution is 0.170. The van der Waals surface area contributed by atoms with Gasteiger partial charge in [-0.3, -0.25) is 5.43 Å². The Balaban J connectivity index is 4.55. The standard InChI is InChI=1S/C11H26N4O/c1-9(2)8-15(6-7-16-5)11(14-12)13-10(3)4/h9-10H,6-8,12H2,1-5H3,(H,13,14). The molecule has 0 aliphatic carbocycles. The van der Waals surface area contributed by atoms with Gasteiger partial charge in [0.15, 0.2) is 0 Å². The molecule has 0 aromatic carbocycles. The lowest BCUT2D eigenvalue weighted by atomic mass is 10.2. The molecule has 0 aromatic rings. The minimum absolute atomic E-state index is 0.225. The molecule has 0 aromatic heterocycles. The maximum absolute atomic E-state index is 5.51. The highest BCUT2D eigenvalue weighted by Crippen LogP contribution is 2.00. The van der Waals surface area contributed by atoms with Crippen LogP contribution in [0.1, 0.15) is 27.7 Å². The SMILES string of the molecule is COCCN(CC(C)C)C(=NC(C)C)NN. The van der Waals surface area contributed by atoms with Gasteiger partial charge in [0.05, 0.1) is 6.61 Å². The maximum atomic E-state index is 5.51. The molecule has 0 atom stereocenters. The number of nitrogens with one attached hydrogen (secondary N) is 1. The summed E-state index contributed by atoms with van der Waals surface area (Å²) in [6.45, 7) is 10.8. The number of methoxy groups -OCH3 is 1. The molecule has 0 rings (SSSR count). The quantitative estimate of drug-likeness (QED) is 0.307. The molecule has 5 nitrogen and oxygen atoms in total. The molecule has 0 aliphatic rings. The van der Waals surface area contributed by atoms with Crippen LogP contribution in [0.2, 0.25) is 0 Å². The Morgan fingerprint density at radius 3 is 2.38 bits per heavy atom. The zero-order valence-electron chi connectivity index (χ0n) is 11.2. The Hall–Kier alpha value is -0.810. The first-order valence-corrected chi connectivity index (χ1v) is 5.79. The lowest BCUT2D eigenvalue weighted by Gasteiger charge is -2.27. The minimum atomic E-state index is 0.225. The number of guanidine groups is 1. The fraction of sp³-hybridized carbons (Fsp3) is 0.909. The molecule has 16 heavy (non-hydrogen) atoms. The highest BCUT2D eigenvalue weighted by Gasteiger charge is 2.12. The number of ether oxygens (including phenoxy) is 1. The Bertz CT molecular complexity index is 204. The van der Waals surface area contributed by atoms with Crippen LogP contribution in [0, 0.1) is 5.92 Å². The van der Waals surface area contributed by atoms with Crippen LogP contribution in [0.3, 0.4) is 0 Å². The first-order chi connectivity index (χ1) is 7.51. The second kappa shape index (κ2) is 8.35. The van der Waals surface area contributed by atoms with E-state index in [0.29, 0.717) is 12.5 Å². The van der Waals surface area contributed by atoms with Gasteiger partial charge < -0.3 is 9.64 Å². The van der Waals surface area contributed by atoms with Crippen molar-refractivity contribution in [1.82, 2.24) is 10.3 Å². The van der Waals surface area contributed by atoms with Crippen LogP contribution < -0.4 is 11.3 Å². The fourth-order valence-corrected chi connectivity index (χ4v) is 1.38. The van der Waals surface area contributed by atoms with Gasteiger partial charge in [-0.15, -0.1) is 0 Å². The Kier molecular flexibility index (Phi) is 7.93. The molecule has 0 amide bonds. The predicted octanol–water partition coefficient (Wildman–Crippen LogP) is 0.819. The molecule has 0 fully saturated rings. The fourth-order valence-electron chi connectivity index (χ4n) is 1.38. The topological polar surface area (TPSA) is 62.9 Å². The van der Waals surface area contributed by atoms with Crippen molar-refractivity contribution in [3.05, 3.63) is 0 Å². The molecular formula is C11H26N4O. The van der Waals surface area contributed by atoms with Gasteiger partial charge in [0, 0.05) is 26.2 Å². The Morgan fingerprint density at radius 2 is 2.00 bits per heavy atom. The van der Waals surface area contributed by atoms with Crippen LogP contribution in [-0.2, 0) is 4.74 Å². The molecule has 0 aliphatic heterocycles. The van der Waals surface area contributed by atoms with Crippen molar-refractivity contribution in [3.8, 4) is 0 Å². The van der Waals surface area contributed by atoms with Gasteiger partial charge >= 0.3 is 0 Å². The number of hydrogen-bond donors (Lipinski definition) is 2. The van der Waals surface area contributed by atoms with Gasteiger partial charge in [0.1, 0.15) is 0 Å². The van der Waals surface area contributed by atoms with Gasteiger partial charge in [-0.2, -0.15) is 0 Å². The minimum Gasteiger partial charge on any atom is -0.383 e. The van der Waals surface area contributed by atoms with E-state index in [0.717, 1.165) is 19.0 Å². The zero-order valence-corrected chi connectivity index (χ0v) is 11.2. The van der Waals surface area contributed by atoms with E-state index in [1.807, 2.05) is 13.8 Å². The summed E-state index contributed by atoms with van der Waals surface area (Å²) >= 11 is 0. The number of nitrogens with zero attached hydrogens (tertiary/aromatic N) is 2. The number of rotatable bonds is 6. The summed E-state index contributed by atoms with van der Waals surface area (Å²) in [6, 6.07) is 0.225. The van der Waals surface area contributed by atoms with Crippen molar-refractivity contribution in [2.24, 2.45) is 16.8 Å². The summed E-state index contributed by atoms with van der Waals surface area (Å²) < 4.78 is 5.09. The zero-order chi connectivity index (χ0) is 12.6. The normalized spacial score (nSPS) is 12.4. The number of hydrogen-bond acceptors (Lipinski definition) is 3. The Labute approximate surface area is 99.0 Å². The predicted molar refractivity (Wildman–Crippen MR) is 68.2 cm³/mol. The molecule has 0 heterocycles. The van der Waals surface area contributed by atoms with Crippen molar-refractivity contribution < 1.29 is 4.74 Å². The first-order valence-electron chi connectivity index (χ1n) is 5.79. The highest BCUT2D eigenvalue weighted by molar-refractivity contribution is 5.79. The monoisotopic (exact) mass is 230 g/mol. The second-order valence-corrected chi connectivity index (χ2v) is 4.52. The average molecular weight is 230 g/mol. The number of hydrazine groups is 1. The van der Waals surface area contributed by atoms with Crippen LogP contribution in [0.4, 0.5) is 0 Å². The molecule has 0 radical (unpaired) electrons. The Morgan fingerprint density at radius 1 is 1.38 bits per heavy atom.